The fraction of sp³-hybridized carbons (Fsp3) is 0.500. The molecule has 0 aliphatic carbocycles. The Bertz CT molecular complexity index is 1170. The fourth-order valence-electron chi connectivity index (χ4n) is 5.01. The number of piperidine rings is 1. The van der Waals surface area contributed by atoms with Gasteiger partial charge in [-0.1, -0.05) is 18.0 Å². The quantitative estimate of drug-likeness (QED) is 0.574. The predicted molar refractivity (Wildman–Crippen MR) is 129 cm³/mol. The average molecular weight is 469 g/mol. The first-order valence-corrected chi connectivity index (χ1v) is 12.0. The molecule has 2 aromatic heterocycles. The number of carbonyl (C=O) groups is 1. The van der Waals surface area contributed by atoms with Crippen molar-refractivity contribution in [3.63, 3.8) is 0 Å². The molecule has 2 aliphatic heterocycles. The van der Waals surface area contributed by atoms with Crippen LogP contribution in [0, 0.1) is 5.92 Å². The Balaban J connectivity index is 1.32. The molecule has 0 spiro atoms. The van der Waals surface area contributed by atoms with E-state index in [1.165, 1.54) is 12.8 Å². The lowest BCUT2D eigenvalue weighted by Gasteiger charge is -2.34. The third-order valence-corrected chi connectivity index (χ3v) is 7.09. The van der Waals surface area contributed by atoms with Crippen LogP contribution in [0.25, 0.3) is 11.2 Å². The van der Waals surface area contributed by atoms with Crippen molar-refractivity contribution in [3.05, 3.63) is 35.4 Å². The Kier molecular flexibility index (Phi) is 6.10. The molecule has 2 aliphatic rings. The van der Waals surface area contributed by atoms with Crippen molar-refractivity contribution in [2.45, 2.75) is 45.1 Å². The molecule has 0 atom stereocenters. The molecule has 3 aromatic rings. The third-order valence-electron chi connectivity index (χ3n) is 6.85. The number of benzene rings is 1. The second-order valence-electron chi connectivity index (χ2n) is 8.83. The lowest BCUT2D eigenvalue weighted by Crippen LogP contribution is -2.41. The average Bonchev–Trinajstić information content (AvgIpc) is 3.04. The zero-order valence-electron chi connectivity index (χ0n) is 19.1. The molecule has 1 amide bonds. The van der Waals surface area contributed by atoms with Gasteiger partial charge in [-0.3, -0.25) is 4.79 Å². The Labute approximate surface area is 198 Å². The van der Waals surface area contributed by atoms with Crippen molar-refractivity contribution in [2.75, 3.05) is 37.0 Å². The molecule has 0 bridgehead atoms. The van der Waals surface area contributed by atoms with E-state index >= 15 is 0 Å². The molecule has 8 nitrogen and oxygen atoms in total. The van der Waals surface area contributed by atoms with E-state index in [1.807, 2.05) is 0 Å². The van der Waals surface area contributed by atoms with Crippen LogP contribution in [-0.2, 0) is 17.8 Å². The van der Waals surface area contributed by atoms with Crippen LogP contribution in [0.4, 0.5) is 11.5 Å². The van der Waals surface area contributed by atoms with Crippen LogP contribution < -0.4 is 14.5 Å². The van der Waals surface area contributed by atoms with Gasteiger partial charge in [-0.15, -0.1) is 0 Å². The first-order chi connectivity index (χ1) is 16.1. The number of nitrogens with zero attached hydrogens (tertiary/aromatic N) is 6. The minimum absolute atomic E-state index is 0.0639. The maximum atomic E-state index is 13.3. The number of aryl methyl sites for hydroxylation is 2. The number of fused-ring (bicyclic) bond motifs is 3. The Morgan fingerprint density at radius 2 is 1.97 bits per heavy atom. The lowest BCUT2D eigenvalue weighted by molar-refractivity contribution is -0.122. The molecule has 9 heteroatoms. The van der Waals surface area contributed by atoms with Crippen LogP contribution in [0.2, 0.25) is 5.02 Å². The van der Waals surface area contributed by atoms with Gasteiger partial charge in [-0.2, -0.15) is 0 Å². The van der Waals surface area contributed by atoms with Gasteiger partial charge >= 0.3 is 0 Å². The minimum atomic E-state index is -0.0639. The number of methoxy groups -OCH3 is 1. The predicted octanol–water partition coefficient (Wildman–Crippen LogP) is 4.09. The summed E-state index contributed by atoms with van der Waals surface area (Å²) in [4.78, 5) is 31.3. The number of imidazole rings is 1. The first kappa shape index (κ1) is 21.9. The normalized spacial score (nSPS) is 17.0. The SMILES string of the molecule is COc1ccc(Cl)cc1N(C)C(=O)C1CCN(c2ncnc3c2nc2n3CCCCC2)CC1. The van der Waals surface area contributed by atoms with Gasteiger partial charge in [-0.05, 0) is 43.9 Å². The highest BCUT2D eigenvalue weighted by Gasteiger charge is 2.30. The van der Waals surface area contributed by atoms with E-state index < -0.39 is 0 Å². The maximum Gasteiger partial charge on any atom is 0.230 e. The molecule has 174 valence electrons. The number of hydrogen-bond acceptors (Lipinski definition) is 6. The maximum absolute atomic E-state index is 13.3. The second-order valence-corrected chi connectivity index (χ2v) is 9.27. The summed E-state index contributed by atoms with van der Waals surface area (Å²) in [7, 11) is 3.39. The highest BCUT2D eigenvalue weighted by Crippen LogP contribution is 2.34. The van der Waals surface area contributed by atoms with Crippen molar-refractivity contribution < 1.29 is 9.53 Å². The highest BCUT2D eigenvalue weighted by atomic mass is 35.5. The topological polar surface area (TPSA) is 76.4 Å². The smallest absolute Gasteiger partial charge is 0.230 e. The summed E-state index contributed by atoms with van der Waals surface area (Å²) in [6, 6.07) is 5.32. The van der Waals surface area contributed by atoms with E-state index in [0.717, 1.165) is 68.1 Å². The van der Waals surface area contributed by atoms with Crippen molar-refractivity contribution >= 4 is 40.2 Å². The van der Waals surface area contributed by atoms with E-state index in [-0.39, 0.29) is 11.8 Å². The van der Waals surface area contributed by atoms with Crippen molar-refractivity contribution in [2.24, 2.45) is 5.92 Å². The summed E-state index contributed by atoms with van der Waals surface area (Å²) >= 11 is 6.17. The summed E-state index contributed by atoms with van der Waals surface area (Å²) in [5.41, 5.74) is 2.51. The van der Waals surface area contributed by atoms with Crippen LogP contribution >= 0.6 is 11.6 Å². The third kappa shape index (κ3) is 4.12. The van der Waals surface area contributed by atoms with E-state index in [2.05, 4.69) is 19.4 Å². The highest BCUT2D eigenvalue weighted by molar-refractivity contribution is 6.31. The molecule has 1 saturated heterocycles. The molecule has 0 radical (unpaired) electrons. The lowest BCUT2D eigenvalue weighted by atomic mass is 9.95. The van der Waals surface area contributed by atoms with E-state index in [4.69, 9.17) is 21.3 Å². The van der Waals surface area contributed by atoms with Gasteiger partial charge in [0.1, 0.15) is 17.9 Å². The molecular weight excluding hydrogens is 440 g/mol. The van der Waals surface area contributed by atoms with E-state index in [9.17, 15) is 4.79 Å². The van der Waals surface area contributed by atoms with Crippen LogP contribution in [0.1, 0.15) is 37.9 Å². The molecular formula is C24H29ClN6O2. The largest absolute Gasteiger partial charge is 0.495 e. The number of rotatable bonds is 4. The van der Waals surface area contributed by atoms with Gasteiger partial charge in [0, 0.05) is 44.0 Å². The van der Waals surface area contributed by atoms with E-state index in [0.29, 0.717) is 16.5 Å². The van der Waals surface area contributed by atoms with Crippen LogP contribution in [0.15, 0.2) is 24.5 Å². The van der Waals surface area contributed by atoms with Crippen molar-refractivity contribution in [1.82, 2.24) is 19.5 Å². The van der Waals surface area contributed by atoms with Crippen molar-refractivity contribution in [1.29, 1.82) is 0 Å². The zero-order chi connectivity index (χ0) is 22.9. The summed E-state index contributed by atoms with van der Waals surface area (Å²) in [6.07, 6.45) is 7.72. The molecule has 33 heavy (non-hydrogen) atoms. The molecule has 4 heterocycles. The zero-order valence-corrected chi connectivity index (χ0v) is 19.9. The van der Waals surface area contributed by atoms with Crippen LogP contribution in [0.5, 0.6) is 5.75 Å². The molecule has 5 rings (SSSR count). The van der Waals surface area contributed by atoms with Crippen molar-refractivity contribution in [3.8, 4) is 5.75 Å². The first-order valence-electron chi connectivity index (χ1n) is 11.6. The monoisotopic (exact) mass is 468 g/mol. The van der Waals surface area contributed by atoms with Gasteiger partial charge in [0.25, 0.3) is 0 Å². The fourth-order valence-corrected chi connectivity index (χ4v) is 5.18. The number of halogens is 1. The number of aromatic nitrogens is 4. The van der Waals surface area contributed by atoms with Gasteiger partial charge in [0.15, 0.2) is 17.0 Å². The van der Waals surface area contributed by atoms with Crippen LogP contribution in [0.3, 0.4) is 0 Å². The Morgan fingerprint density at radius 3 is 2.76 bits per heavy atom. The van der Waals surface area contributed by atoms with Gasteiger partial charge in [-0.25, -0.2) is 15.0 Å². The summed E-state index contributed by atoms with van der Waals surface area (Å²) < 4.78 is 7.69. The number of carbonyl (C=O) groups excluding carboxylic acids is 1. The second kappa shape index (κ2) is 9.17. The Hall–Kier alpha value is -2.87. The molecule has 0 unspecified atom stereocenters. The summed E-state index contributed by atoms with van der Waals surface area (Å²) in [6.45, 7) is 2.48. The number of hydrogen-bond donors (Lipinski definition) is 0. The molecule has 1 fully saturated rings. The summed E-state index contributed by atoms with van der Waals surface area (Å²) in [5, 5.41) is 0.575. The number of anilines is 2. The van der Waals surface area contributed by atoms with Gasteiger partial charge < -0.3 is 19.1 Å². The van der Waals surface area contributed by atoms with Crippen LogP contribution in [-0.4, -0.2) is 52.7 Å². The molecule has 0 N–H and O–H groups in total. The molecule has 1 aromatic carbocycles. The number of amides is 1. The number of ether oxygens (including phenoxy) is 1. The summed E-state index contributed by atoms with van der Waals surface area (Å²) in [5.74, 6) is 2.65. The standard InChI is InChI=1S/C24H29ClN6O2/c1-29(18-14-17(25)7-8-19(18)33-2)24(32)16-9-12-30(13-10-16)22-21-23(27-15-26-22)31-11-5-3-4-6-20(31)28-21/h7-8,14-16H,3-6,9-13H2,1-2H3. The Morgan fingerprint density at radius 1 is 1.15 bits per heavy atom. The molecule has 0 saturated carbocycles. The van der Waals surface area contributed by atoms with E-state index in [1.54, 1.807) is 43.6 Å². The van der Waals surface area contributed by atoms with Gasteiger partial charge in [0.05, 0.1) is 12.8 Å². The minimum Gasteiger partial charge on any atom is -0.495 e. The van der Waals surface area contributed by atoms with Gasteiger partial charge in [0.2, 0.25) is 5.91 Å².